The lowest BCUT2D eigenvalue weighted by molar-refractivity contribution is -0.384. The third-order valence-corrected chi connectivity index (χ3v) is 4.71. The van der Waals surface area contributed by atoms with Crippen molar-refractivity contribution in [2.75, 3.05) is 21.3 Å². The Morgan fingerprint density at radius 3 is 2.00 bits per heavy atom. The molecule has 0 aliphatic heterocycles. The van der Waals surface area contributed by atoms with Gasteiger partial charge in [-0.05, 0) is 54.1 Å². The fraction of sp³-hybridized carbons (Fsp3) is 0.125. The molecule has 180 valence electrons. The van der Waals surface area contributed by atoms with Gasteiger partial charge in [0.25, 0.3) is 11.6 Å². The quantitative estimate of drug-likeness (QED) is 0.161. The Labute approximate surface area is 200 Å². The molecule has 0 aromatic heterocycles. The predicted octanol–water partition coefficient (Wildman–Crippen LogP) is 3.60. The average molecular weight is 479 g/mol. The molecule has 0 spiro atoms. The predicted molar refractivity (Wildman–Crippen MR) is 126 cm³/mol. The Balaban J connectivity index is 1.62. The van der Waals surface area contributed by atoms with E-state index in [0.29, 0.717) is 22.8 Å². The number of nitrogens with zero attached hydrogens (tertiary/aromatic N) is 2. The van der Waals surface area contributed by atoms with Crippen LogP contribution >= 0.6 is 0 Å². The Hall–Kier alpha value is -4.93. The number of carbonyl (C=O) groups excluding carboxylic acids is 2. The van der Waals surface area contributed by atoms with E-state index in [-0.39, 0.29) is 22.6 Å². The summed E-state index contributed by atoms with van der Waals surface area (Å²) in [6.45, 7) is 0. The van der Waals surface area contributed by atoms with Crippen LogP contribution in [0.5, 0.6) is 23.0 Å². The molecule has 0 unspecified atom stereocenters. The largest absolute Gasteiger partial charge is 0.493 e. The lowest BCUT2D eigenvalue weighted by Crippen LogP contribution is -2.17. The molecule has 11 nitrogen and oxygen atoms in total. The third kappa shape index (κ3) is 6.11. The Morgan fingerprint density at radius 1 is 0.886 bits per heavy atom. The number of nitrogens with one attached hydrogen (secondary N) is 1. The van der Waals surface area contributed by atoms with Crippen LogP contribution in [0.25, 0.3) is 0 Å². The van der Waals surface area contributed by atoms with E-state index >= 15 is 0 Å². The van der Waals surface area contributed by atoms with E-state index in [1.807, 2.05) is 0 Å². The molecule has 1 N–H and O–H groups in total. The first-order valence-electron chi connectivity index (χ1n) is 10.1. The fourth-order valence-electron chi connectivity index (χ4n) is 2.95. The fourth-order valence-corrected chi connectivity index (χ4v) is 2.95. The Kier molecular flexibility index (Phi) is 7.96. The summed E-state index contributed by atoms with van der Waals surface area (Å²) < 4.78 is 21.1. The molecular formula is C24H21N3O8. The van der Waals surface area contributed by atoms with Gasteiger partial charge in [-0.3, -0.25) is 14.9 Å². The minimum atomic E-state index is -0.624. The van der Waals surface area contributed by atoms with Crippen LogP contribution in [0, 0.1) is 10.1 Å². The van der Waals surface area contributed by atoms with Crippen molar-refractivity contribution in [2.24, 2.45) is 5.10 Å². The zero-order valence-corrected chi connectivity index (χ0v) is 19.0. The van der Waals surface area contributed by atoms with Crippen molar-refractivity contribution in [3.63, 3.8) is 0 Å². The summed E-state index contributed by atoms with van der Waals surface area (Å²) >= 11 is 0. The minimum absolute atomic E-state index is 0.115. The van der Waals surface area contributed by atoms with Crippen LogP contribution in [-0.4, -0.2) is 44.3 Å². The molecule has 0 heterocycles. The van der Waals surface area contributed by atoms with Gasteiger partial charge in [-0.2, -0.15) is 5.10 Å². The molecule has 3 rings (SSSR count). The van der Waals surface area contributed by atoms with Crippen LogP contribution in [-0.2, 0) is 0 Å². The standard InChI is InChI=1S/C24H21N3O8/c1-32-20-12-17(13-21(33-2)22(20)34-3)24(29)35-19-10-4-15(5-11-19)14-25-26-23(28)16-6-8-18(9-7-16)27(30)31/h4-14H,1-3H3,(H,26,28). The van der Waals surface area contributed by atoms with Crippen LogP contribution in [0.2, 0.25) is 0 Å². The zero-order valence-electron chi connectivity index (χ0n) is 19.0. The zero-order chi connectivity index (χ0) is 25.4. The molecule has 35 heavy (non-hydrogen) atoms. The Bertz CT molecular complexity index is 1230. The molecule has 3 aromatic rings. The maximum atomic E-state index is 12.6. The highest BCUT2D eigenvalue weighted by Gasteiger charge is 2.18. The maximum absolute atomic E-state index is 12.6. The van der Waals surface area contributed by atoms with Crippen LogP contribution in [0.15, 0.2) is 65.8 Å². The topological polar surface area (TPSA) is 139 Å². The molecule has 0 atom stereocenters. The number of hydrogen-bond donors (Lipinski definition) is 1. The van der Waals surface area contributed by atoms with E-state index in [1.165, 1.54) is 63.9 Å². The number of non-ortho nitro benzene ring substituents is 1. The minimum Gasteiger partial charge on any atom is -0.493 e. The normalized spacial score (nSPS) is 10.5. The van der Waals surface area contributed by atoms with Crippen molar-refractivity contribution < 1.29 is 33.5 Å². The number of amides is 1. The SMILES string of the molecule is COc1cc(C(=O)Oc2ccc(C=NNC(=O)c3ccc([N+](=O)[O-])cc3)cc2)cc(OC)c1OC. The molecular weight excluding hydrogens is 458 g/mol. The summed E-state index contributed by atoms with van der Waals surface area (Å²) in [5.41, 5.74) is 3.28. The number of esters is 1. The Morgan fingerprint density at radius 2 is 1.49 bits per heavy atom. The van der Waals surface area contributed by atoms with Gasteiger partial charge in [0.05, 0.1) is 38.0 Å². The van der Waals surface area contributed by atoms with Crippen molar-refractivity contribution in [1.82, 2.24) is 5.43 Å². The van der Waals surface area contributed by atoms with Gasteiger partial charge >= 0.3 is 5.97 Å². The number of hydrazone groups is 1. The van der Waals surface area contributed by atoms with Gasteiger partial charge in [-0.15, -0.1) is 0 Å². The molecule has 0 saturated carbocycles. The first kappa shape index (κ1) is 24.7. The number of hydrogen-bond acceptors (Lipinski definition) is 9. The van der Waals surface area contributed by atoms with Crippen molar-refractivity contribution in [1.29, 1.82) is 0 Å². The molecule has 0 bridgehead atoms. The number of rotatable bonds is 9. The molecule has 0 saturated heterocycles. The van der Waals surface area contributed by atoms with E-state index in [9.17, 15) is 19.7 Å². The van der Waals surface area contributed by atoms with Crippen LogP contribution in [0.4, 0.5) is 5.69 Å². The number of nitro benzene ring substituents is 1. The molecule has 0 aliphatic rings. The summed E-state index contributed by atoms with van der Waals surface area (Å²) in [6.07, 6.45) is 1.40. The van der Waals surface area contributed by atoms with E-state index in [1.54, 1.807) is 24.3 Å². The highest BCUT2D eigenvalue weighted by atomic mass is 16.6. The van der Waals surface area contributed by atoms with Crippen molar-refractivity contribution >= 4 is 23.8 Å². The molecule has 0 radical (unpaired) electrons. The van der Waals surface area contributed by atoms with E-state index in [0.717, 1.165) is 0 Å². The first-order valence-corrected chi connectivity index (χ1v) is 10.1. The number of methoxy groups -OCH3 is 3. The van der Waals surface area contributed by atoms with Gasteiger partial charge in [0.15, 0.2) is 11.5 Å². The molecule has 1 amide bonds. The van der Waals surface area contributed by atoms with Crippen LogP contribution < -0.4 is 24.4 Å². The lowest BCUT2D eigenvalue weighted by atomic mass is 10.2. The van der Waals surface area contributed by atoms with Gasteiger partial charge in [0.1, 0.15) is 5.75 Å². The van der Waals surface area contributed by atoms with E-state index in [4.69, 9.17) is 18.9 Å². The monoisotopic (exact) mass is 479 g/mol. The number of ether oxygens (including phenoxy) is 4. The molecule has 11 heteroatoms. The highest BCUT2D eigenvalue weighted by molar-refractivity contribution is 5.95. The smallest absolute Gasteiger partial charge is 0.343 e. The average Bonchev–Trinajstić information content (AvgIpc) is 2.88. The van der Waals surface area contributed by atoms with E-state index in [2.05, 4.69) is 10.5 Å². The summed E-state index contributed by atoms with van der Waals surface area (Å²) in [4.78, 5) is 34.8. The van der Waals surface area contributed by atoms with Gasteiger partial charge in [0, 0.05) is 17.7 Å². The number of benzene rings is 3. The second-order valence-corrected chi connectivity index (χ2v) is 6.88. The third-order valence-electron chi connectivity index (χ3n) is 4.71. The van der Waals surface area contributed by atoms with Crippen molar-refractivity contribution in [3.8, 4) is 23.0 Å². The second kappa shape index (κ2) is 11.3. The van der Waals surface area contributed by atoms with Crippen molar-refractivity contribution in [3.05, 3.63) is 87.5 Å². The van der Waals surface area contributed by atoms with E-state index < -0.39 is 16.8 Å². The van der Waals surface area contributed by atoms with Gasteiger partial charge in [-0.25, -0.2) is 10.2 Å². The highest BCUT2D eigenvalue weighted by Crippen LogP contribution is 2.38. The summed E-state index contributed by atoms with van der Waals surface area (Å²) in [6, 6.07) is 14.5. The molecule has 0 fully saturated rings. The first-order chi connectivity index (χ1) is 16.9. The van der Waals surface area contributed by atoms with Crippen LogP contribution in [0.3, 0.4) is 0 Å². The molecule has 0 aliphatic carbocycles. The van der Waals surface area contributed by atoms with Crippen LogP contribution in [0.1, 0.15) is 26.3 Å². The summed E-state index contributed by atoms with van der Waals surface area (Å²) in [5.74, 6) is 0.141. The number of carbonyl (C=O) groups is 2. The second-order valence-electron chi connectivity index (χ2n) is 6.88. The summed E-state index contributed by atoms with van der Waals surface area (Å²) in [7, 11) is 4.35. The van der Waals surface area contributed by atoms with Gasteiger partial charge < -0.3 is 18.9 Å². The van der Waals surface area contributed by atoms with Crippen molar-refractivity contribution in [2.45, 2.75) is 0 Å². The maximum Gasteiger partial charge on any atom is 0.343 e. The van der Waals surface area contributed by atoms with Gasteiger partial charge in [-0.1, -0.05) is 0 Å². The lowest BCUT2D eigenvalue weighted by Gasteiger charge is -2.13. The molecule has 3 aromatic carbocycles. The number of nitro groups is 1. The van der Waals surface area contributed by atoms with Gasteiger partial charge in [0.2, 0.25) is 5.75 Å². The summed E-state index contributed by atoms with van der Waals surface area (Å²) in [5, 5.41) is 14.5.